The van der Waals surface area contributed by atoms with Crippen molar-refractivity contribution in [2.45, 2.75) is 33.2 Å². The first-order chi connectivity index (χ1) is 10.3. The van der Waals surface area contributed by atoms with E-state index in [1.54, 1.807) is 13.8 Å². The lowest BCUT2D eigenvalue weighted by atomic mass is 9.99. The van der Waals surface area contributed by atoms with Crippen LogP contribution in [0.1, 0.15) is 26.0 Å². The van der Waals surface area contributed by atoms with E-state index in [0.717, 1.165) is 0 Å². The number of nitrogens with zero attached hydrogens (tertiary/aromatic N) is 1. The maximum absolute atomic E-state index is 11.9. The van der Waals surface area contributed by atoms with Crippen LogP contribution in [0.2, 0.25) is 0 Å². The summed E-state index contributed by atoms with van der Waals surface area (Å²) in [5.74, 6) is -0.702. The van der Waals surface area contributed by atoms with Crippen LogP contribution >= 0.6 is 0 Å². The van der Waals surface area contributed by atoms with Gasteiger partial charge in [-0.1, -0.05) is 25.4 Å². The maximum Gasteiger partial charge on any atom is 0.329 e. The highest BCUT2D eigenvalue weighted by Crippen LogP contribution is 2.10. The van der Waals surface area contributed by atoms with E-state index in [-0.39, 0.29) is 11.7 Å². The predicted octanol–water partition coefficient (Wildman–Crippen LogP) is 0.548. The van der Waals surface area contributed by atoms with Gasteiger partial charge in [-0.3, -0.25) is 4.79 Å². The Kier molecular flexibility index (Phi) is 6.36. The topological polar surface area (TPSA) is 137 Å². The zero-order valence-electron chi connectivity index (χ0n) is 12.7. The second kappa shape index (κ2) is 8.01. The molecule has 22 heavy (non-hydrogen) atoms. The molecule has 0 spiro atoms. The van der Waals surface area contributed by atoms with Crippen molar-refractivity contribution in [3.63, 3.8) is 0 Å². The SMILES string of the molecule is CC[C@@H](C)[C@@H](NC(N)=O)C(=O)OCC(=O)Nc1cc(C)on1. The Hall–Kier alpha value is -2.58. The summed E-state index contributed by atoms with van der Waals surface area (Å²) in [6, 6.07) is -0.203. The van der Waals surface area contributed by atoms with Gasteiger partial charge in [0.2, 0.25) is 0 Å². The number of hydrogen-bond acceptors (Lipinski definition) is 6. The first-order valence-corrected chi connectivity index (χ1v) is 6.79. The van der Waals surface area contributed by atoms with Crippen molar-refractivity contribution in [1.29, 1.82) is 0 Å². The van der Waals surface area contributed by atoms with E-state index in [1.807, 2.05) is 6.92 Å². The highest BCUT2D eigenvalue weighted by atomic mass is 16.5. The minimum absolute atomic E-state index is 0.179. The fourth-order valence-corrected chi connectivity index (χ4v) is 1.65. The second-order valence-electron chi connectivity index (χ2n) is 4.85. The van der Waals surface area contributed by atoms with E-state index < -0.39 is 30.6 Å². The number of rotatable bonds is 7. The molecule has 9 nitrogen and oxygen atoms in total. The molecule has 122 valence electrons. The highest BCUT2D eigenvalue weighted by molar-refractivity contribution is 5.92. The Labute approximate surface area is 127 Å². The molecule has 0 aliphatic heterocycles. The monoisotopic (exact) mass is 312 g/mol. The molecule has 1 heterocycles. The van der Waals surface area contributed by atoms with Crippen LogP contribution in [0.15, 0.2) is 10.6 Å². The van der Waals surface area contributed by atoms with Gasteiger partial charge in [0, 0.05) is 6.07 Å². The third-order valence-electron chi connectivity index (χ3n) is 3.01. The van der Waals surface area contributed by atoms with Crippen LogP contribution in [0.4, 0.5) is 10.6 Å². The summed E-state index contributed by atoms with van der Waals surface area (Å²) < 4.78 is 9.67. The van der Waals surface area contributed by atoms with E-state index in [0.29, 0.717) is 12.2 Å². The quantitative estimate of drug-likeness (QED) is 0.629. The molecular formula is C13H20N4O5. The summed E-state index contributed by atoms with van der Waals surface area (Å²) in [6.07, 6.45) is 0.629. The van der Waals surface area contributed by atoms with Gasteiger partial charge in [-0.2, -0.15) is 0 Å². The lowest BCUT2D eigenvalue weighted by Crippen LogP contribution is -2.48. The summed E-state index contributed by atoms with van der Waals surface area (Å²) in [7, 11) is 0. The number of esters is 1. The summed E-state index contributed by atoms with van der Waals surface area (Å²) >= 11 is 0. The predicted molar refractivity (Wildman–Crippen MR) is 76.8 cm³/mol. The Morgan fingerprint density at radius 1 is 1.45 bits per heavy atom. The molecule has 3 amide bonds. The van der Waals surface area contributed by atoms with Crippen LogP contribution in [-0.2, 0) is 14.3 Å². The van der Waals surface area contributed by atoms with Crippen molar-refractivity contribution in [3.05, 3.63) is 11.8 Å². The Morgan fingerprint density at radius 3 is 2.64 bits per heavy atom. The van der Waals surface area contributed by atoms with Gasteiger partial charge in [-0.05, 0) is 12.8 Å². The van der Waals surface area contributed by atoms with Gasteiger partial charge in [0.15, 0.2) is 12.4 Å². The van der Waals surface area contributed by atoms with Crippen molar-refractivity contribution in [2.75, 3.05) is 11.9 Å². The van der Waals surface area contributed by atoms with Gasteiger partial charge >= 0.3 is 12.0 Å². The average Bonchev–Trinajstić information content (AvgIpc) is 2.86. The minimum atomic E-state index is -0.899. The lowest BCUT2D eigenvalue weighted by molar-refractivity contribution is -0.150. The Bertz CT molecular complexity index is 542. The summed E-state index contributed by atoms with van der Waals surface area (Å²) in [6.45, 7) is 4.79. The first-order valence-electron chi connectivity index (χ1n) is 6.79. The molecule has 4 N–H and O–H groups in total. The second-order valence-corrected chi connectivity index (χ2v) is 4.85. The van der Waals surface area contributed by atoms with Crippen molar-refractivity contribution >= 4 is 23.7 Å². The molecule has 0 aliphatic rings. The fraction of sp³-hybridized carbons (Fsp3) is 0.538. The standard InChI is InChI=1S/C13H20N4O5/c1-4-7(2)11(16-13(14)20)12(19)21-6-10(18)15-9-5-8(3)22-17-9/h5,7,11H,4,6H2,1-3H3,(H3,14,16,20)(H,15,17,18)/t7-,11-/m1/s1. The van der Waals surface area contributed by atoms with Gasteiger partial charge in [0.1, 0.15) is 11.8 Å². The molecule has 0 radical (unpaired) electrons. The molecule has 0 bridgehead atoms. The van der Waals surface area contributed by atoms with Gasteiger partial charge in [-0.15, -0.1) is 0 Å². The van der Waals surface area contributed by atoms with E-state index >= 15 is 0 Å². The number of hydrogen-bond donors (Lipinski definition) is 3. The largest absolute Gasteiger partial charge is 0.454 e. The number of aromatic nitrogens is 1. The van der Waals surface area contributed by atoms with Crippen molar-refractivity contribution in [1.82, 2.24) is 10.5 Å². The zero-order chi connectivity index (χ0) is 16.7. The zero-order valence-corrected chi connectivity index (χ0v) is 12.7. The van der Waals surface area contributed by atoms with E-state index in [2.05, 4.69) is 15.8 Å². The highest BCUT2D eigenvalue weighted by Gasteiger charge is 2.27. The number of nitrogens with one attached hydrogen (secondary N) is 2. The fourth-order valence-electron chi connectivity index (χ4n) is 1.65. The van der Waals surface area contributed by atoms with E-state index in [1.165, 1.54) is 6.07 Å². The number of carbonyl (C=O) groups excluding carboxylic acids is 3. The van der Waals surface area contributed by atoms with Gasteiger partial charge < -0.3 is 25.6 Å². The number of anilines is 1. The molecule has 0 aliphatic carbocycles. The number of amides is 3. The number of aryl methyl sites for hydroxylation is 1. The number of ether oxygens (including phenoxy) is 1. The average molecular weight is 312 g/mol. The van der Waals surface area contributed by atoms with Crippen molar-refractivity contribution in [2.24, 2.45) is 11.7 Å². The molecule has 0 saturated heterocycles. The van der Waals surface area contributed by atoms with Crippen molar-refractivity contribution < 1.29 is 23.6 Å². The van der Waals surface area contributed by atoms with Gasteiger partial charge in [0.05, 0.1) is 0 Å². The van der Waals surface area contributed by atoms with Crippen LogP contribution in [0.25, 0.3) is 0 Å². The van der Waals surface area contributed by atoms with Crippen LogP contribution in [0, 0.1) is 12.8 Å². The number of carbonyl (C=O) groups is 3. The molecule has 1 aromatic rings. The Balaban J connectivity index is 2.51. The molecule has 0 saturated carbocycles. The number of primary amides is 1. The van der Waals surface area contributed by atoms with E-state index in [4.69, 9.17) is 15.0 Å². The normalized spacial score (nSPS) is 13.0. The van der Waals surface area contributed by atoms with Crippen LogP contribution in [0.3, 0.4) is 0 Å². The molecule has 1 aromatic heterocycles. The third-order valence-corrected chi connectivity index (χ3v) is 3.01. The van der Waals surface area contributed by atoms with Crippen molar-refractivity contribution in [3.8, 4) is 0 Å². The summed E-state index contributed by atoms with van der Waals surface area (Å²) in [4.78, 5) is 34.5. The third kappa shape index (κ3) is 5.43. The molecule has 0 unspecified atom stereocenters. The number of nitrogens with two attached hydrogens (primary N) is 1. The minimum Gasteiger partial charge on any atom is -0.454 e. The van der Waals surface area contributed by atoms with Gasteiger partial charge in [-0.25, -0.2) is 9.59 Å². The molecule has 0 aromatic carbocycles. The lowest BCUT2D eigenvalue weighted by Gasteiger charge is -2.21. The molecular weight excluding hydrogens is 292 g/mol. The van der Waals surface area contributed by atoms with Crippen LogP contribution < -0.4 is 16.4 Å². The maximum atomic E-state index is 11.9. The molecule has 1 rings (SSSR count). The van der Waals surface area contributed by atoms with Gasteiger partial charge in [0.25, 0.3) is 5.91 Å². The summed E-state index contributed by atoms with van der Waals surface area (Å²) in [5, 5.41) is 8.30. The summed E-state index contributed by atoms with van der Waals surface area (Å²) in [5.41, 5.74) is 5.03. The van der Waals surface area contributed by atoms with Crippen LogP contribution in [0.5, 0.6) is 0 Å². The molecule has 0 fully saturated rings. The smallest absolute Gasteiger partial charge is 0.329 e. The van der Waals surface area contributed by atoms with E-state index in [9.17, 15) is 14.4 Å². The molecule has 2 atom stereocenters. The molecule has 9 heteroatoms. The van der Waals surface area contributed by atoms with Crippen LogP contribution in [-0.4, -0.2) is 35.7 Å². The number of urea groups is 1. The Morgan fingerprint density at radius 2 is 2.14 bits per heavy atom. The first kappa shape index (κ1) is 17.5.